The van der Waals surface area contributed by atoms with Crippen molar-refractivity contribution in [1.29, 1.82) is 0 Å². The highest BCUT2D eigenvalue weighted by Gasteiger charge is 2.21. The zero-order valence-corrected chi connectivity index (χ0v) is 23.9. The minimum atomic E-state index is -3.80. The first-order chi connectivity index (χ1) is 19.4. The lowest BCUT2D eigenvalue weighted by Gasteiger charge is -2.18. The molecule has 4 rings (SSSR count). The molecule has 214 valence electrons. The van der Waals surface area contributed by atoms with Gasteiger partial charge in [-0.3, -0.25) is 28.4 Å². The van der Waals surface area contributed by atoms with Crippen LogP contribution in [-0.4, -0.2) is 39.7 Å². The van der Waals surface area contributed by atoms with E-state index in [1.165, 1.54) is 23.8 Å². The van der Waals surface area contributed by atoms with Gasteiger partial charge in [-0.05, 0) is 48.9 Å². The number of benzene rings is 2. The number of nitrogens with one attached hydrogen (secondary N) is 2. The minimum Gasteiger partial charge on any atom is -0.437 e. The minimum absolute atomic E-state index is 0.0790. The van der Waals surface area contributed by atoms with Crippen molar-refractivity contribution in [2.24, 2.45) is 5.92 Å². The summed E-state index contributed by atoms with van der Waals surface area (Å²) in [5.41, 5.74) is 0.574. The molecule has 0 saturated heterocycles. The maximum atomic E-state index is 13.6. The highest BCUT2D eigenvalue weighted by atomic mass is 35.5. The van der Waals surface area contributed by atoms with E-state index in [-0.39, 0.29) is 18.9 Å². The predicted octanol–water partition coefficient (Wildman–Crippen LogP) is 3.06. The standard InChI is InChI=1S/C27H27ClN6O6S/c1-17(25(36)32-41(3,38)39)15-34-24(35)14-23(33(27(34)37)16-19-4-6-20(28)7-5-19)31-21-8-10-22(11-9-21)40-26-18(2)29-12-13-30-26/h4-14,17,31H,15-16H2,1-3H3,(H,32,36)/t17-/m0/s1. The maximum Gasteiger partial charge on any atom is 0.332 e. The third-order valence-corrected chi connectivity index (χ3v) is 6.72. The molecular weight excluding hydrogens is 572 g/mol. The van der Waals surface area contributed by atoms with E-state index >= 15 is 0 Å². The molecule has 0 aliphatic rings. The summed E-state index contributed by atoms with van der Waals surface area (Å²) in [6.45, 7) is 2.96. The second kappa shape index (κ2) is 12.4. The SMILES string of the molecule is Cc1nccnc1Oc1ccc(Nc2cc(=O)n(C[C@H](C)C(=O)NS(C)(=O)=O)c(=O)n2Cc2ccc(Cl)cc2)cc1. The van der Waals surface area contributed by atoms with Crippen molar-refractivity contribution in [3.63, 3.8) is 0 Å². The molecule has 4 aromatic rings. The van der Waals surface area contributed by atoms with Crippen LogP contribution in [0.25, 0.3) is 0 Å². The second-order valence-electron chi connectivity index (χ2n) is 9.31. The Kier molecular flexibility index (Phi) is 8.89. The number of hydrogen-bond acceptors (Lipinski definition) is 9. The Morgan fingerprint density at radius 1 is 1.02 bits per heavy atom. The van der Waals surface area contributed by atoms with Crippen molar-refractivity contribution in [1.82, 2.24) is 23.8 Å². The molecule has 2 aromatic heterocycles. The number of anilines is 2. The first kappa shape index (κ1) is 29.5. The van der Waals surface area contributed by atoms with Crippen molar-refractivity contribution in [2.45, 2.75) is 26.9 Å². The van der Waals surface area contributed by atoms with Crippen molar-refractivity contribution in [2.75, 3.05) is 11.6 Å². The Morgan fingerprint density at radius 2 is 1.68 bits per heavy atom. The van der Waals surface area contributed by atoms with Gasteiger partial charge >= 0.3 is 5.69 Å². The zero-order valence-electron chi connectivity index (χ0n) is 22.4. The van der Waals surface area contributed by atoms with E-state index in [1.807, 2.05) is 4.72 Å². The summed E-state index contributed by atoms with van der Waals surface area (Å²) in [5, 5.41) is 3.63. The van der Waals surface area contributed by atoms with Crippen molar-refractivity contribution in [3.8, 4) is 11.6 Å². The fraction of sp³-hybridized carbons (Fsp3) is 0.222. The van der Waals surface area contributed by atoms with Gasteiger partial charge in [-0.25, -0.2) is 18.2 Å². The third-order valence-electron chi connectivity index (χ3n) is 5.90. The van der Waals surface area contributed by atoms with E-state index in [0.717, 1.165) is 16.4 Å². The first-order valence-corrected chi connectivity index (χ1v) is 14.6. The Labute approximate surface area is 240 Å². The van der Waals surface area contributed by atoms with Crippen LogP contribution in [0, 0.1) is 12.8 Å². The number of aromatic nitrogens is 4. The van der Waals surface area contributed by atoms with Crippen molar-refractivity contribution in [3.05, 3.63) is 104 Å². The number of carbonyl (C=O) groups is 1. The number of rotatable bonds is 10. The summed E-state index contributed by atoms with van der Waals surface area (Å²) < 4.78 is 32.8. The van der Waals surface area contributed by atoms with Gasteiger partial charge in [-0.1, -0.05) is 30.7 Å². The topological polar surface area (TPSA) is 154 Å². The molecule has 0 saturated carbocycles. The van der Waals surface area contributed by atoms with Gasteiger partial charge in [0.1, 0.15) is 11.6 Å². The zero-order chi connectivity index (χ0) is 29.7. The van der Waals surface area contributed by atoms with E-state index in [9.17, 15) is 22.8 Å². The summed E-state index contributed by atoms with van der Waals surface area (Å²) in [6.07, 6.45) is 3.94. The van der Waals surface area contributed by atoms with Crippen LogP contribution >= 0.6 is 11.6 Å². The number of nitrogens with zero attached hydrogens (tertiary/aromatic N) is 4. The fourth-order valence-electron chi connectivity index (χ4n) is 3.81. The van der Waals surface area contributed by atoms with Gasteiger partial charge in [0.2, 0.25) is 21.8 Å². The fourth-order valence-corrected chi connectivity index (χ4v) is 4.51. The molecule has 0 aliphatic carbocycles. The van der Waals surface area contributed by atoms with Crippen LogP contribution in [0.5, 0.6) is 11.6 Å². The second-order valence-corrected chi connectivity index (χ2v) is 11.5. The van der Waals surface area contributed by atoms with Crippen LogP contribution < -0.4 is 26.0 Å². The highest BCUT2D eigenvalue weighted by molar-refractivity contribution is 7.89. The number of aryl methyl sites for hydroxylation is 1. The third kappa shape index (κ3) is 7.80. The van der Waals surface area contributed by atoms with Crippen LogP contribution in [-0.2, 0) is 27.9 Å². The van der Waals surface area contributed by atoms with E-state index in [2.05, 4.69) is 15.3 Å². The van der Waals surface area contributed by atoms with E-state index < -0.39 is 33.1 Å². The normalized spacial score (nSPS) is 12.0. The monoisotopic (exact) mass is 598 g/mol. The highest BCUT2D eigenvalue weighted by Crippen LogP contribution is 2.24. The molecule has 0 bridgehead atoms. The molecule has 14 heteroatoms. The number of halogens is 1. The Hall–Kier alpha value is -4.49. The number of carbonyl (C=O) groups excluding carboxylic acids is 1. The summed E-state index contributed by atoms with van der Waals surface area (Å²) in [5.74, 6) is -0.729. The molecule has 0 unspecified atom stereocenters. The van der Waals surface area contributed by atoms with Crippen LogP contribution in [0.1, 0.15) is 18.2 Å². The molecule has 1 amide bonds. The van der Waals surface area contributed by atoms with Crippen molar-refractivity contribution < 1.29 is 17.9 Å². The first-order valence-electron chi connectivity index (χ1n) is 12.3. The van der Waals surface area contributed by atoms with E-state index in [1.54, 1.807) is 61.7 Å². The van der Waals surface area contributed by atoms with Gasteiger partial charge in [-0.15, -0.1) is 0 Å². The Morgan fingerprint density at radius 3 is 2.32 bits per heavy atom. The molecule has 0 radical (unpaired) electrons. The lowest BCUT2D eigenvalue weighted by molar-refractivity contribution is -0.123. The lowest BCUT2D eigenvalue weighted by Crippen LogP contribution is -2.44. The van der Waals surface area contributed by atoms with Crippen LogP contribution in [0.15, 0.2) is 76.6 Å². The molecule has 0 aliphatic heterocycles. The average molecular weight is 599 g/mol. The van der Waals surface area contributed by atoms with Gasteiger partial charge in [0, 0.05) is 35.7 Å². The Balaban J connectivity index is 1.65. The van der Waals surface area contributed by atoms with Gasteiger partial charge in [0.05, 0.1) is 24.4 Å². The van der Waals surface area contributed by atoms with Gasteiger partial charge in [0.15, 0.2) is 0 Å². The molecule has 12 nitrogen and oxygen atoms in total. The number of amides is 1. The number of sulfonamides is 1. The van der Waals surface area contributed by atoms with E-state index in [4.69, 9.17) is 16.3 Å². The summed E-state index contributed by atoms with van der Waals surface area (Å²) in [6, 6.07) is 14.9. The summed E-state index contributed by atoms with van der Waals surface area (Å²) >= 11 is 6.01. The molecule has 41 heavy (non-hydrogen) atoms. The smallest absolute Gasteiger partial charge is 0.332 e. The molecule has 2 aromatic carbocycles. The number of hydrogen-bond donors (Lipinski definition) is 2. The quantitative estimate of drug-likeness (QED) is 0.280. The van der Waals surface area contributed by atoms with Crippen molar-refractivity contribution >= 4 is 39.0 Å². The average Bonchev–Trinajstić information content (AvgIpc) is 2.91. The van der Waals surface area contributed by atoms with Gasteiger partial charge in [-0.2, -0.15) is 0 Å². The largest absolute Gasteiger partial charge is 0.437 e. The summed E-state index contributed by atoms with van der Waals surface area (Å²) in [7, 11) is -3.80. The number of ether oxygens (including phenoxy) is 1. The maximum absolute atomic E-state index is 13.6. The molecule has 2 heterocycles. The molecule has 0 spiro atoms. The molecular formula is C27H27ClN6O6S. The molecule has 1 atom stereocenters. The molecule has 0 fully saturated rings. The summed E-state index contributed by atoms with van der Waals surface area (Å²) in [4.78, 5) is 47.2. The van der Waals surface area contributed by atoms with Crippen LogP contribution in [0.2, 0.25) is 5.02 Å². The van der Waals surface area contributed by atoms with Gasteiger partial charge < -0.3 is 10.1 Å². The lowest BCUT2D eigenvalue weighted by atomic mass is 10.1. The Bertz CT molecular complexity index is 1790. The van der Waals surface area contributed by atoms with Gasteiger partial charge in [0.25, 0.3) is 5.56 Å². The predicted molar refractivity (Wildman–Crippen MR) is 154 cm³/mol. The molecule has 2 N–H and O–H groups in total. The van der Waals surface area contributed by atoms with E-state index in [0.29, 0.717) is 28.0 Å². The van der Waals surface area contributed by atoms with Crippen LogP contribution in [0.4, 0.5) is 11.5 Å². The van der Waals surface area contributed by atoms with Crippen LogP contribution in [0.3, 0.4) is 0 Å².